The Labute approximate surface area is 194 Å². The molecule has 3 unspecified atom stereocenters. The first-order valence-corrected chi connectivity index (χ1v) is 10.3. The van der Waals surface area contributed by atoms with E-state index in [1.807, 2.05) is 5.32 Å². The Morgan fingerprint density at radius 3 is 1.74 bits per heavy atom. The van der Waals surface area contributed by atoms with E-state index in [0.29, 0.717) is 0 Å². The van der Waals surface area contributed by atoms with Crippen molar-refractivity contribution in [2.75, 3.05) is 6.54 Å². The van der Waals surface area contributed by atoms with Gasteiger partial charge in [-0.15, -0.1) is 0 Å². The zero-order valence-corrected chi connectivity index (χ0v) is 18.2. The fraction of sp³-hybridized carbons (Fsp3) is 0.429. The Morgan fingerprint density at radius 1 is 0.735 bits per heavy atom. The lowest BCUT2D eigenvalue weighted by Gasteiger charge is -2.23. The van der Waals surface area contributed by atoms with Crippen molar-refractivity contribution in [2.45, 2.75) is 50.2 Å². The topological polar surface area (TPSA) is 225 Å². The van der Waals surface area contributed by atoms with E-state index in [0.717, 1.165) is 5.56 Å². The van der Waals surface area contributed by atoms with Gasteiger partial charge in [0.2, 0.25) is 17.7 Å². The van der Waals surface area contributed by atoms with Crippen molar-refractivity contribution >= 4 is 35.6 Å². The maximum absolute atomic E-state index is 12.8. The summed E-state index contributed by atoms with van der Waals surface area (Å²) in [6.45, 7) is -0.758. The lowest BCUT2D eigenvalue weighted by Crippen LogP contribution is -2.56. The number of nitrogens with one attached hydrogen (secondary N) is 3. The van der Waals surface area contributed by atoms with Gasteiger partial charge in [-0.1, -0.05) is 30.3 Å². The third-order valence-corrected chi connectivity index (χ3v) is 4.61. The highest BCUT2D eigenvalue weighted by Crippen LogP contribution is 2.06. The molecular formula is C21H28N4O9. The Hall–Kier alpha value is -4.00. The molecule has 0 aromatic heterocycles. The van der Waals surface area contributed by atoms with Crippen LogP contribution >= 0.6 is 0 Å². The molecular weight excluding hydrogens is 452 g/mol. The molecule has 0 saturated heterocycles. The van der Waals surface area contributed by atoms with E-state index in [1.165, 1.54) is 0 Å². The Bertz CT molecular complexity index is 891. The first kappa shape index (κ1) is 28.0. The summed E-state index contributed by atoms with van der Waals surface area (Å²) in [6, 6.07) is 4.95. The molecule has 0 spiro atoms. The van der Waals surface area contributed by atoms with Gasteiger partial charge in [0.15, 0.2) is 0 Å². The molecule has 3 amide bonds. The molecule has 8 N–H and O–H groups in total. The number of rotatable bonds is 15. The summed E-state index contributed by atoms with van der Waals surface area (Å²) in [4.78, 5) is 70.1. The van der Waals surface area contributed by atoms with Crippen molar-refractivity contribution in [1.29, 1.82) is 0 Å². The average molecular weight is 480 g/mol. The zero-order valence-electron chi connectivity index (χ0n) is 18.2. The highest BCUT2D eigenvalue weighted by Gasteiger charge is 2.29. The summed E-state index contributed by atoms with van der Waals surface area (Å²) in [5, 5.41) is 33.2. The molecule has 1 rings (SSSR count). The van der Waals surface area contributed by atoms with Gasteiger partial charge >= 0.3 is 17.9 Å². The van der Waals surface area contributed by atoms with Crippen molar-refractivity contribution < 1.29 is 44.1 Å². The number of carboxylic acids is 3. The summed E-state index contributed by atoms with van der Waals surface area (Å²) < 4.78 is 0. The molecule has 13 heteroatoms. The van der Waals surface area contributed by atoms with Crippen molar-refractivity contribution in [3.8, 4) is 0 Å². The highest BCUT2D eigenvalue weighted by molar-refractivity contribution is 5.94. The SMILES string of the molecule is NC(Cc1ccccc1)C(=O)NC(CCC(=O)O)C(=O)NC(CCC(=O)O)C(=O)NCC(=O)O. The number of nitrogens with two attached hydrogens (primary N) is 1. The average Bonchev–Trinajstić information content (AvgIpc) is 2.77. The largest absolute Gasteiger partial charge is 0.481 e. The number of carboxylic acid groups (broad SMARTS) is 3. The van der Waals surface area contributed by atoms with Gasteiger partial charge in [0, 0.05) is 12.8 Å². The fourth-order valence-electron chi connectivity index (χ4n) is 2.87. The maximum atomic E-state index is 12.8. The van der Waals surface area contributed by atoms with E-state index < -0.39 is 73.1 Å². The highest BCUT2D eigenvalue weighted by atomic mass is 16.4. The summed E-state index contributed by atoms with van der Waals surface area (Å²) >= 11 is 0. The van der Waals surface area contributed by atoms with Gasteiger partial charge in [-0.25, -0.2) is 0 Å². The Balaban J connectivity index is 2.91. The lowest BCUT2D eigenvalue weighted by molar-refractivity contribution is -0.140. The molecule has 0 aliphatic carbocycles. The van der Waals surface area contributed by atoms with Crippen LogP contribution in [0.1, 0.15) is 31.2 Å². The third-order valence-electron chi connectivity index (χ3n) is 4.61. The van der Waals surface area contributed by atoms with Crippen molar-refractivity contribution in [2.24, 2.45) is 5.73 Å². The minimum absolute atomic E-state index is 0.152. The smallest absolute Gasteiger partial charge is 0.322 e. The van der Waals surface area contributed by atoms with E-state index in [2.05, 4.69) is 10.6 Å². The Morgan fingerprint density at radius 2 is 1.24 bits per heavy atom. The molecule has 0 fully saturated rings. The van der Waals surface area contributed by atoms with Gasteiger partial charge in [-0.2, -0.15) is 0 Å². The number of carbonyl (C=O) groups is 6. The van der Waals surface area contributed by atoms with Crippen LogP contribution in [0.15, 0.2) is 30.3 Å². The summed E-state index contributed by atoms with van der Waals surface area (Å²) in [7, 11) is 0. The van der Waals surface area contributed by atoms with Crippen LogP contribution in [0.3, 0.4) is 0 Å². The van der Waals surface area contributed by atoms with E-state index in [-0.39, 0.29) is 19.3 Å². The van der Waals surface area contributed by atoms with Crippen LogP contribution in [-0.2, 0) is 35.2 Å². The number of carbonyl (C=O) groups excluding carboxylic acids is 3. The van der Waals surface area contributed by atoms with Gasteiger partial charge in [0.05, 0.1) is 6.04 Å². The van der Waals surface area contributed by atoms with Crippen molar-refractivity contribution in [3.05, 3.63) is 35.9 Å². The minimum atomic E-state index is -1.43. The van der Waals surface area contributed by atoms with E-state index in [4.69, 9.17) is 21.1 Å². The zero-order chi connectivity index (χ0) is 25.7. The molecule has 186 valence electrons. The molecule has 1 aromatic carbocycles. The van der Waals surface area contributed by atoms with Crippen LogP contribution in [0.2, 0.25) is 0 Å². The number of aliphatic carboxylic acids is 3. The van der Waals surface area contributed by atoms with Gasteiger partial charge in [-0.05, 0) is 24.8 Å². The number of hydrogen-bond donors (Lipinski definition) is 7. The lowest BCUT2D eigenvalue weighted by atomic mass is 10.0. The number of benzene rings is 1. The quantitative estimate of drug-likeness (QED) is 0.153. The van der Waals surface area contributed by atoms with Crippen LogP contribution in [0.5, 0.6) is 0 Å². The van der Waals surface area contributed by atoms with E-state index >= 15 is 0 Å². The molecule has 3 atom stereocenters. The van der Waals surface area contributed by atoms with Crippen LogP contribution in [0.4, 0.5) is 0 Å². The number of amides is 3. The van der Waals surface area contributed by atoms with Crippen LogP contribution in [0.25, 0.3) is 0 Å². The predicted molar refractivity (Wildman–Crippen MR) is 116 cm³/mol. The van der Waals surface area contributed by atoms with Crippen molar-refractivity contribution in [1.82, 2.24) is 16.0 Å². The first-order valence-electron chi connectivity index (χ1n) is 10.3. The summed E-state index contributed by atoms with van der Waals surface area (Å²) in [5.41, 5.74) is 6.67. The van der Waals surface area contributed by atoms with Crippen molar-refractivity contribution in [3.63, 3.8) is 0 Å². The Kier molecular flexibility index (Phi) is 11.7. The predicted octanol–water partition coefficient (Wildman–Crippen LogP) is -1.54. The summed E-state index contributed by atoms with van der Waals surface area (Å²) in [5.74, 6) is -6.46. The van der Waals surface area contributed by atoms with Gasteiger partial charge in [0.1, 0.15) is 18.6 Å². The standard InChI is InChI=1S/C21H28N4O9/c22-13(10-12-4-2-1-3-5-12)19(32)24-15(7-9-17(28)29)21(34)25-14(6-8-16(26)27)20(33)23-11-18(30)31/h1-5,13-15H,6-11,22H2,(H,23,33)(H,24,32)(H,25,34)(H,26,27)(H,28,29)(H,30,31). The van der Waals surface area contributed by atoms with Gasteiger partial charge in [0.25, 0.3) is 0 Å². The second-order valence-electron chi connectivity index (χ2n) is 7.39. The summed E-state index contributed by atoms with van der Waals surface area (Å²) in [6.07, 6.45) is -1.54. The maximum Gasteiger partial charge on any atom is 0.322 e. The minimum Gasteiger partial charge on any atom is -0.481 e. The molecule has 34 heavy (non-hydrogen) atoms. The van der Waals surface area contributed by atoms with E-state index in [9.17, 15) is 28.8 Å². The van der Waals surface area contributed by atoms with Crippen LogP contribution in [0, 0.1) is 0 Å². The second kappa shape index (κ2) is 14.2. The molecule has 0 saturated carbocycles. The molecule has 13 nitrogen and oxygen atoms in total. The monoisotopic (exact) mass is 480 g/mol. The molecule has 0 heterocycles. The fourth-order valence-corrected chi connectivity index (χ4v) is 2.87. The van der Waals surface area contributed by atoms with E-state index in [1.54, 1.807) is 30.3 Å². The second-order valence-corrected chi connectivity index (χ2v) is 7.39. The molecule has 0 aliphatic heterocycles. The number of hydrogen-bond acceptors (Lipinski definition) is 7. The molecule has 0 radical (unpaired) electrons. The first-order chi connectivity index (χ1) is 16.0. The van der Waals surface area contributed by atoms with Gasteiger partial charge < -0.3 is 37.0 Å². The van der Waals surface area contributed by atoms with Gasteiger partial charge in [-0.3, -0.25) is 28.8 Å². The molecule has 0 aliphatic rings. The van der Waals surface area contributed by atoms with Crippen LogP contribution < -0.4 is 21.7 Å². The van der Waals surface area contributed by atoms with Crippen LogP contribution in [-0.4, -0.2) is 75.6 Å². The molecule has 1 aromatic rings. The molecule has 0 bridgehead atoms. The third kappa shape index (κ3) is 11.0. The normalized spacial score (nSPS) is 13.1.